The van der Waals surface area contributed by atoms with Crippen LogP contribution in [0.1, 0.15) is 341 Å². The maximum atomic E-state index is 12.6. The Kier molecular flexibility index (Phi) is 59.4. The van der Waals surface area contributed by atoms with E-state index in [1.54, 1.807) is 6.08 Å². The minimum atomic E-state index is -0.954. The third-order valence-corrected chi connectivity index (χ3v) is 14.8. The van der Waals surface area contributed by atoms with Crippen LogP contribution in [-0.2, 0) is 4.79 Å². The Labute approximate surface area is 444 Å². The van der Waals surface area contributed by atoms with Crippen LogP contribution in [-0.4, -0.2) is 46.1 Å². The molecule has 3 atom stereocenters. The zero-order chi connectivity index (χ0) is 51.4. The Bertz CT molecular complexity index is 1150. The Morgan fingerprint density at radius 2 is 0.648 bits per heavy atom. The summed E-state index contributed by atoms with van der Waals surface area (Å²) in [6.45, 7) is 4.24. The van der Waals surface area contributed by atoms with Gasteiger partial charge in [0.1, 0.15) is 0 Å². The van der Waals surface area contributed by atoms with Crippen molar-refractivity contribution in [3.8, 4) is 0 Å². The van der Waals surface area contributed by atoms with Crippen LogP contribution in [0.4, 0.5) is 0 Å². The van der Waals surface area contributed by atoms with E-state index in [2.05, 4.69) is 55.6 Å². The highest BCUT2D eigenvalue weighted by Crippen LogP contribution is 2.18. The molecule has 3 unspecified atom stereocenters. The molecule has 0 aliphatic heterocycles. The fourth-order valence-electron chi connectivity index (χ4n) is 9.98. The van der Waals surface area contributed by atoms with E-state index < -0.39 is 18.2 Å². The molecule has 0 aliphatic carbocycles. The Morgan fingerprint density at radius 1 is 0.366 bits per heavy atom. The number of aliphatic hydroxyl groups excluding tert-OH is 3. The third kappa shape index (κ3) is 57.4. The number of carbonyl (C=O) groups excluding carboxylic acids is 1. The molecule has 0 aliphatic rings. The van der Waals surface area contributed by atoms with Gasteiger partial charge in [-0.1, -0.05) is 319 Å². The van der Waals surface area contributed by atoms with Crippen LogP contribution in [0.3, 0.4) is 0 Å². The molecule has 418 valence electrons. The number of hydrogen-bond donors (Lipinski definition) is 4. The van der Waals surface area contributed by atoms with Gasteiger partial charge >= 0.3 is 0 Å². The van der Waals surface area contributed by atoms with E-state index in [1.807, 2.05) is 6.08 Å². The van der Waals surface area contributed by atoms with Crippen LogP contribution in [0.15, 0.2) is 48.6 Å². The molecule has 0 radical (unpaired) electrons. The Hall–Kier alpha value is -1.69. The number of allylic oxidation sites excluding steroid dienone is 7. The Balaban J connectivity index is 3.55. The number of hydrogen-bond acceptors (Lipinski definition) is 4. The van der Waals surface area contributed by atoms with Gasteiger partial charge in [0.05, 0.1) is 31.3 Å². The van der Waals surface area contributed by atoms with Crippen molar-refractivity contribution in [2.75, 3.05) is 6.61 Å². The van der Waals surface area contributed by atoms with Crippen LogP contribution >= 0.6 is 0 Å². The van der Waals surface area contributed by atoms with E-state index in [4.69, 9.17) is 0 Å². The molecule has 0 aromatic rings. The monoisotopic (exact) mass is 996 g/mol. The van der Waals surface area contributed by atoms with Crippen LogP contribution in [0, 0.1) is 0 Å². The van der Waals surface area contributed by atoms with E-state index in [9.17, 15) is 20.1 Å². The van der Waals surface area contributed by atoms with E-state index in [0.29, 0.717) is 6.42 Å². The minimum absolute atomic E-state index is 0.00652. The second kappa shape index (κ2) is 60.9. The lowest BCUT2D eigenvalue weighted by molar-refractivity contribution is -0.124. The fourth-order valence-corrected chi connectivity index (χ4v) is 9.98. The second-order valence-corrected chi connectivity index (χ2v) is 22.0. The molecule has 0 aromatic carbocycles. The largest absolute Gasteiger partial charge is 0.394 e. The van der Waals surface area contributed by atoms with Crippen molar-refractivity contribution in [3.63, 3.8) is 0 Å². The highest BCUT2D eigenvalue weighted by Gasteiger charge is 2.20. The lowest BCUT2D eigenvalue weighted by atomic mass is 10.0. The van der Waals surface area contributed by atoms with Crippen molar-refractivity contribution in [1.29, 1.82) is 0 Å². The number of carbonyl (C=O) groups is 1. The predicted octanol–water partition coefficient (Wildman–Crippen LogP) is 20.3. The van der Waals surface area contributed by atoms with Gasteiger partial charge in [-0.3, -0.25) is 4.79 Å². The maximum absolute atomic E-state index is 12.6. The summed E-state index contributed by atoms with van der Waals surface area (Å²) in [6, 6.07) is -0.763. The average Bonchev–Trinajstić information content (AvgIpc) is 3.37. The SMILES string of the molecule is CCCCCCCCCCCCC/C=C\C/C=C\CCCCCCCCCCCCCCCCCC(O)CC(=O)NC(CO)C(O)/C=C/CC/C=C/CCCCCCCCCCCCCCCCCCC. The standard InChI is InChI=1S/C66H125NO4/c1-3-5-7-9-11-13-15-17-19-21-23-25-27-28-29-30-31-32-33-34-35-36-38-39-41-43-45-47-49-51-53-55-57-59-63(69)61-66(71)67-64(62-68)65(70)60-58-56-54-52-50-48-46-44-42-40-37-26-24-22-20-18-16-14-12-10-8-6-4-2/h27-28,30-31,50,52,58,60,63-65,68-70H,3-26,29,32-49,51,53-57,59,61-62H2,1-2H3,(H,67,71)/b28-27-,31-30-,52-50+,60-58+. The second-order valence-electron chi connectivity index (χ2n) is 22.0. The summed E-state index contributed by atoms with van der Waals surface area (Å²) in [5.41, 5.74) is 0. The van der Waals surface area contributed by atoms with Crippen LogP contribution < -0.4 is 5.32 Å². The summed E-state index contributed by atoms with van der Waals surface area (Å²) in [4.78, 5) is 12.6. The molecule has 0 fully saturated rings. The topological polar surface area (TPSA) is 89.8 Å². The Morgan fingerprint density at radius 3 is 0.986 bits per heavy atom. The molecule has 0 saturated heterocycles. The lowest BCUT2D eigenvalue weighted by Crippen LogP contribution is -2.45. The summed E-state index contributed by atoms with van der Waals surface area (Å²) < 4.78 is 0. The van der Waals surface area contributed by atoms with E-state index >= 15 is 0 Å². The molecular weight excluding hydrogens is 871 g/mol. The molecule has 0 rings (SSSR count). The van der Waals surface area contributed by atoms with Crippen LogP contribution in [0.5, 0.6) is 0 Å². The zero-order valence-electron chi connectivity index (χ0n) is 47.9. The highest BCUT2D eigenvalue weighted by molar-refractivity contribution is 5.76. The summed E-state index contributed by atoms with van der Waals surface area (Å²) >= 11 is 0. The van der Waals surface area contributed by atoms with Gasteiger partial charge in [-0.15, -0.1) is 0 Å². The quantitative estimate of drug-likeness (QED) is 0.0361. The molecular formula is C66H125NO4. The molecule has 0 heterocycles. The third-order valence-electron chi connectivity index (χ3n) is 14.8. The summed E-state index contributed by atoms with van der Waals surface area (Å²) in [5, 5.41) is 33.5. The predicted molar refractivity (Wildman–Crippen MR) is 314 cm³/mol. The molecule has 1 amide bonds. The number of rotatable bonds is 59. The number of unbranched alkanes of at least 4 members (excludes halogenated alkanes) is 44. The maximum Gasteiger partial charge on any atom is 0.222 e. The molecule has 0 aromatic heterocycles. The molecule has 0 saturated carbocycles. The lowest BCUT2D eigenvalue weighted by Gasteiger charge is -2.21. The summed E-state index contributed by atoms with van der Waals surface area (Å²) in [6.07, 6.45) is 81.9. The van der Waals surface area contributed by atoms with Crippen LogP contribution in [0.2, 0.25) is 0 Å². The number of amides is 1. The van der Waals surface area contributed by atoms with Crippen molar-refractivity contribution in [1.82, 2.24) is 5.32 Å². The molecule has 4 N–H and O–H groups in total. The number of nitrogens with one attached hydrogen (secondary N) is 1. The van der Waals surface area contributed by atoms with Crippen molar-refractivity contribution in [2.45, 2.75) is 360 Å². The van der Waals surface area contributed by atoms with Gasteiger partial charge < -0.3 is 20.6 Å². The normalized spacial score (nSPS) is 13.5. The van der Waals surface area contributed by atoms with Gasteiger partial charge in [-0.05, 0) is 64.2 Å². The first-order chi connectivity index (χ1) is 35.0. The number of aliphatic hydroxyl groups is 3. The molecule has 0 spiro atoms. The van der Waals surface area contributed by atoms with Gasteiger partial charge in [0.15, 0.2) is 0 Å². The van der Waals surface area contributed by atoms with Gasteiger partial charge in [0.2, 0.25) is 5.91 Å². The molecule has 5 nitrogen and oxygen atoms in total. The fraction of sp³-hybridized carbons (Fsp3) is 0.864. The highest BCUT2D eigenvalue weighted by atomic mass is 16.3. The van der Waals surface area contributed by atoms with Crippen molar-refractivity contribution in [2.24, 2.45) is 0 Å². The summed E-state index contributed by atoms with van der Waals surface area (Å²) in [5.74, 6) is -0.321. The first kappa shape index (κ1) is 69.3. The van der Waals surface area contributed by atoms with Crippen molar-refractivity contribution < 1.29 is 20.1 Å². The van der Waals surface area contributed by atoms with Crippen molar-refractivity contribution in [3.05, 3.63) is 48.6 Å². The van der Waals surface area contributed by atoms with Gasteiger partial charge in [0.25, 0.3) is 0 Å². The first-order valence-corrected chi connectivity index (χ1v) is 31.9. The minimum Gasteiger partial charge on any atom is -0.394 e. The molecule has 71 heavy (non-hydrogen) atoms. The van der Waals surface area contributed by atoms with Gasteiger partial charge in [-0.2, -0.15) is 0 Å². The van der Waals surface area contributed by atoms with Gasteiger partial charge in [0, 0.05) is 0 Å². The molecule has 0 bridgehead atoms. The van der Waals surface area contributed by atoms with E-state index in [0.717, 1.165) is 38.5 Å². The smallest absolute Gasteiger partial charge is 0.222 e. The molecule has 5 heteroatoms. The zero-order valence-corrected chi connectivity index (χ0v) is 47.9. The van der Waals surface area contributed by atoms with Crippen LogP contribution in [0.25, 0.3) is 0 Å². The van der Waals surface area contributed by atoms with Gasteiger partial charge in [-0.25, -0.2) is 0 Å². The van der Waals surface area contributed by atoms with E-state index in [1.165, 1.54) is 276 Å². The van der Waals surface area contributed by atoms with Crippen molar-refractivity contribution >= 4 is 5.91 Å². The van der Waals surface area contributed by atoms with E-state index in [-0.39, 0.29) is 18.9 Å². The average molecular weight is 997 g/mol. The summed E-state index contributed by atoms with van der Waals surface area (Å²) in [7, 11) is 0. The first-order valence-electron chi connectivity index (χ1n) is 31.9.